The van der Waals surface area contributed by atoms with Crippen LogP contribution in [0.2, 0.25) is 0 Å². The van der Waals surface area contributed by atoms with Gasteiger partial charge >= 0.3 is 6.18 Å². The van der Waals surface area contributed by atoms with E-state index in [0.29, 0.717) is 23.5 Å². The van der Waals surface area contributed by atoms with Crippen molar-refractivity contribution in [3.63, 3.8) is 0 Å². The molecule has 0 aliphatic carbocycles. The van der Waals surface area contributed by atoms with Crippen LogP contribution in [0.1, 0.15) is 30.5 Å². The van der Waals surface area contributed by atoms with Crippen molar-refractivity contribution in [1.29, 1.82) is 0 Å². The van der Waals surface area contributed by atoms with E-state index in [0.717, 1.165) is 61.3 Å². The van der Waals surface area contributed by atoms with Gasteiger partial charge in [-0.25, -0.2) is 4.98 Å². The molecule has 11 heteroatoms. The largest absolute Gasteiger partial charge is 0.440 e. The first-order valence-corrected chi connectivity index (χ1v) is 12.9. The second-order valence-electron chi connectivity index (χ2n) is 9.30. The summed E-state index contributed by atoms with van der Waals surface area (Å²) < 4.78 is 46.2. The number of aromatic nitrogens is 4. The lowest BCUT2D eigenvalue weighted by molar-refractivity contribution is -0.137. The Morgan fingerprint density at radius 2 is 1.94 bits per heavy atom. The van der Waals surface area contributed by atoms with Crippen molar-refractivity contribution in [2.75, 3.05) is 36.8 Å². The Balaban J connectivity index is 1.14. The number of hydrogen-bond donors (Lipinski definition) is 0. The number of piperidine rings is 1. The first-order chi connectivity index (χ1) is 16.8. The van der Waals surface area contributed by atoms with E-state index in [2.05, 4.69) is 25.0 Å². The Bertz CT molecular complexity index is 1150. The number of halogens is 3. The molecule has 7 nitrogen and oxygen atoms in total. The zero-order valence-electron chi connectivity index (χ0n) is 19.8. The number of rotatable bonds is 7. The van der Waals surface area contributed by atoms with E-state index in [1.54, 1.807) is 23.9 Å². The standard InChI is InChI=1S/C24H29F3N6OS/c1-16-21(34-15-28-16)22-29-30-23(31(22)2)35-12-4-10-32-13-17-5-3-11-33(20(17)14-32)19-8-6-18(7-9-19)24(25,26)27/h6-9,15,17,20H,3-5,10-14H2,1-2H3. The molecule has 4 heterocycles. The number of aryl methyl sites for hydroxylation is 1. The molecule has 2 atom stereocenters. The van der Waals surface area contributed by atoms with Gasteiger partial charge in [-0.1, -0.05) is 11.8 Å². The average molecular weight is 507 g/mol. The van der Waals surface area contributed by atoms with Crippen LogP contribution in [-0.2, 0) is 13.2 Å². The summed E-state index contributed by atoms with van der Waals surface area (Å²) in [6.07, 6.45) is 0.389. The van der Waals surface area contributed by atoms with Gasteiger partial charge in [0.2, 0.25) is 5.82 Å². The van der Waals surface area contributed by atoms with Gasteiger partial charge in [0.1, 0.15) is 0 Å². The number of benzene rings is 1. The lowest BCUT2D eigenvalue weighted by atomic mass is 9.91. The van der Waals surface area contributed by atoms with Crippen LogP contribution in [0.3, 0.4) is 0 Å². The molecule has 2 aromatic heterocycles. The van der Waals surface area contributed by atoms with Crippen LogP contribution < -0.4 is 4.90 Å². The number of hydrogen-bond acceptors (Lipinski definition) is 7. The molecule has 2 unspecified atom stereocenters. The van der Waals surface area contributed by atoms with Crippen molar-refractivity contribution < 1.29 is 17.6 Å². The summed E-state index contributed by atoms with van der Waals surface area (Å²) in [5.41, 5.74) is 1.09. The predicted molar refractivity (Wildman–Crippen MR) is 128 cm³/mol. The second-order valence-corrected chi connectivity index (χ2v) is 10.4. The van der Waals surface area contributed by atoms with Crippen LogP contribution in [0.15, 0.2) is 40.2 Å². The molecule has 5 rings (SSSR count). The lowest BCUT2D eigenvalue weighted by Gasteiger charge is -2.39. The number of nitrogens with zero attached hydrogens (tertiary/aromatic N) is 6. The number of likely N-dealkylation sites (tertiary alicyclic amines) is 1. The Kier molecular flexibility index (Phi) is 6.80. The third-order valence-corrected chi connectivity index (χ3v) is 8.12. The zero-order valence-corrected chi connectivity index (χ0v) is 20.6. The Morgan fingerprint density at radius 1 is 1.14 bits per heavy atom. The fourth-order valence-corrected chi connectivity index (χ4v) is 6.05. The third-order valence-electron chi connectivity index (χ3n) is 7.02. The van der Waals surface area contributed by atoms with E-state index in [1.165, 1.54) is 24.9 Å². The van der Waals surface area contributed by atoms with Crippen LogP contribution in [0, 0.1) is 12.8 Å². The lowest BCUT2D eigenvalue weighted by Crippen LogP contribution is -2.45. The number of anilines is 1. The molecule has 0 bridgehead atoms. The fourth-order valence-electron chi connectivity index (χ4n) is 5.22. The first-order valence-electron chi connectivity index (χ1n) is 11.9. The first kappa shape index (κ1) is 24.2. The summed E-state index contributed by atoms with van der Waals surface area (Å²) in [5.74, 6) is 2.80. The molecule has 2 aliphatic rings. The summed E-state index contributed by atoms with van der Waals surface area (Å²) in [6, 6.07) is 6.01. The topological polar surface area (TPSA) is 63.2 Å². The maximum Gasteiger partial charge on any atom is 0.416 e. The number of oxazole rings is 1. The van der Waals surface area contributed by atoms with Crippen LogP contribution in [0.4, 0.5) is 18.9 Å². The molecular weight excluding hydrogens is 477 g/mol. The maximum atomic E-state index is 13.0. The van der Waals surface area contributed by atoms with E-state index < -0.39 is 11.7 Å². The molecule has 2 aliphatic heterocycles. The van der Waals surface area contributed by atoms with Gasteiger partial charge in [-0.05, 0) is 62.9 Å². The van der Waals surface area contributed by atoms with Crippen LogP contribution >= 0.6 is 11.8 Å². The summed E-state index contributed by atoms with van der Waals surface area (Å²) in [5, 5.41) is 9.41. The van der Waals surface area contributed by atoms with E-state index in [4.69, 9.17) is 4.42 Å². The highest BCUT2D eigenvalue weighted by Gasteiger charge is 2.39. The second kappa shape index (κ2) is 9.85. The van der Waals surface area contributed by atoms with Crippen molar-refractivity contribution in [2.45, 2.75) is 43.6 Å². The van der Waals surface area contributed by atoms with Crippen molar-refractivity contribution in [3.8, 4) is 11.6 Å². The van der Waals surface area contributed by atoms with Gasteiger partial charge < -0.3 is 18.8 Å². The van der Waals surface area contributed by atoms with E-state index >= 15 is 0 Å². The fraction of sp³-hybridized carbons (Fsp3) is 0.542. The van der Waals surface area contributed by atoms with E-state index in [1.807, 2.05) is 18.5 Å². The van der Waals surface area contributed by atoms with Gasteiger partial charge in [0.05, 0.1) is 11.3 Å². The van der Waals surface area contributed by atoms with Gasteiger partial charge in [0.15, 0.2) is 17.3 Å². The normalized spacial score (nSPS) is 21.0. The summed E-state index contributed by atoms with van der Waals surface area (Å²) in [6.45, 7) is 5.77. The Labute approximate surface area is 206 Å². The highest BCUT2D eigenvalue weighted by atomic mass is 32.2. The van der Waals surface area contributed by atoms with E-state index in [9.17, 15) is 13.2 Å². The number of fused-ring (bicyclic) bond motifs is 1. The highest BCUT2D eigenvalue weighted by molar-refractivity contribution is 7.99. The Morgan fingerprint density at radius 3 is 2.66 bits per heavy atom. The Hall–Kier alpha value is -2.53. The zero-order chi connectivity index (χ0) is 24.6. The molecule has 35 heavy (non-hydrogen) atoms. The van der Waals surface area contributed by atoms with Crippen molar-refractivity contribution in [1.82, 2.24) is 24.6 Å². The minimum Gasteiger partial charge on any atom is -0.440 e. The maximum absolute atomic E-state index is 13.0. The molecular formula is C24H29F3N6OS. The van der Waals surface area contributed by atoms with Crippen LogP contribution in [0.25, 0.3) is 11.6 Å². The smallest absolute Gasteiger partial charge is 0.416 e. The molecule has 0 saturated carbocycles. The van der Waals surface area contributed by atoms with Gasteiger partial charge in [-0.3, -0.25) is 0 Å². The number of thioether (sulfide) groups is 1. The average Bonchev–Trinajstić information content (AvgIpc) is 3.54. The molecule has 3 aromatic rings. The monoisotopic (exact) mass is 506 g/mol. The predicted octanol–water partition coefficient (Wildman–Crippen LogP) is 4.88. The van der Waals surface area contributed by atoms with Gasteiger partial charge in [-0.15, -0.1) is 10.2 Å². The SMILES string of the molecule is Cc1ncoc1-c1nnc(SCCCN2CC3CCCN(c4ccc(C(F)(F)F)cc4)C3C2)n1C. The summed E-state index contributed by atoms with van der Waals surface area (Å²) in [7, 11) is 1.93. The van der Waals surface area contributed by atoms with Crippen molar-refractivity contribution in [3.05, 3.63) is 41.9 Å². The molecule has 0 radical (unpaired) electrons. The quantitative estimate of drug-likeness (QED) is 0.334. The van der Waals surface area contributed by atoms with Crippen LogP contribution in [0.5, 0.6) is 0 Å². The van der Waals surface area contributed by atoms with Gasteiger partial charge in [0.25, 0.3) is 0 Å². The summed E-state index contributed by atoms with van der Waals surface area (Å²) in [4.78, 5) is 8.94. The molecule has 1 aromatic carbocycles. The third kappa shape index (κ3) is 5.06. The van der Waals surface area contributed by atoms with Gasteiger partial charge in [0, 0.05) is 44.2 Å². The molecule has 0 amide bonds. The number of alkyl halides is 3. The molecule has 2 fully saturated rings. The van der Waals surface area contributed by atoms with Gasteiger partial charge in [-0.2, -0.15) is 13.2 Å². The summed E-state index contributed by atoms with van der Waals surface area (Å²) >= 11 is 1.68. The molecule has 0 spiro atoms. The highest BCUT2D eigenvalue weighted by Crippen LogP contribution is 2.36. The molecule has 0 N–H and O–H groups in total. The molecule has 188 valence electrons. The van der Waals surface area contributed by atoms with Crippen molar-refractivity contribution in [2.24, 2.45) is 13.0 Å². The van der Waals surface area contributed by atoms with Crippen molar-refractivity contribution >= 4 is 17.4 Å². The minimum atomic E-state index is -4.30. The minimum absolute atomic E-state index is 0.361. The van der Waals surface area contributed by atoms with E-state index in [-0.39, 0.29) is 0 Å². The van der Waals surface area contributed by atoms with Crippen LogP contribution in [-0.4, -0.2) is 62.6 Å². The molecule has 2 saturated heterocycles.